The average Bonchev–Trinajstić information content (AvgIpc) is 3.20. The van der Waals surface area contributed by atoms with Gasteiger partial charge in [0.05, 0.1) is 14.8 Å². The molecular weight excluding hydrogens is 682 g/mol. The van der Waals surface area contributed by atoms with Gasteiger partial charge in [0.15, 0.2) is 5.78 Å². The monoisotopic (exact) mass is 697 g/mol. The summed E-state index contributed by atoms with van der Waals surface area (Å²) >= 11 is 12.0. The largest absolute Gasteiger partial charge is 0.324 e. The van der Waals surface area contributed by atoms with Crippen LogP contribution in [0.2, 0.25) is 0 Å². The molecule has 8 heteroatoms. The maximum Gasteiger partial charge on any atom is 0.254 e. The summed E-state index contributed by atoms with van der Waals surface area (Å²) < 4.78 is 1.87. The van der Waals surface area contributed by atoms with Crippen LogP contribution in [-0.2, 0) is 4.79 Å². The lowest BCUT2D eigenvalue weighted by Gasteiger charge is -2.26. The van der Waals surface area contributed by atoms with Crippen molar-refractivity contribution in [1.82, 2.24) is 0 Å². The van der Waals surface area contributed by atoms with Crippen molar-refractivity contribution in [2.24, 2.45) is 11.3 Å². The zero-order chi connectivity index (χ0) is 18.5. The summed E-state index contributed by atoms with van der Waals surface area (Å²) in [4.78, 5) is 37.5. The number of Topliss-reactive ketones (excluding diaryl/α,β-unsaturated/α-hetero) is 1. The number of carbonyl (C=O) groups is 3. The van der Waals surface area contributed by atoms with Gasteiger partial charge >= 0.3 is 0 Å². The molecule has 1 N–H and O–H groups in total. The third-order valence-corrected chi connectivity index (χ3v) is 8.45. The number of anilines is 1. The highest BCUT2D eigenvalue weighted by Gasteiger charge is 2.45. The van der Waals surface area contributed by atoms with Gasteiger partial charge in [-0.05, 0) is 105 Å². The molecule has 0 bridgehead atoms. The molecule has 0 aromatic heterocycles. The lowest BCUT2D eigenvalue weighted by Crippen LogP contribution is -2.27. The van der Waals surface area contributed by atoms with E-state index in [-0.39, 0.29) is 23.0 Å². The van der Waals surface area contributed by atoms with Crippen LogP contribution < -0.4 is 5.32 Å². The van der Waals surface area contributed by atoms with Crippen molar-refractivity contribution in [3.8, 4) is 0 Å². The molecule has 25 heavy (non-hydrogen) atoms. The van der Waals surface area contributed by atoms with Crippen molar-refractivity contribution in [2.75, 3.05) is 5.32 Å². The second-order valence-corrected chi connectivity index (χ2v) is 10.4. The first-order valence-electron chi connectivity index (χ1n) is 7.93. The summed E-state index contributed by atoms with van der Waals surface area (Å²) in [5.74, 6) is -0.0202. The first-order valence-corrected chi connectivity index (χ1v) is 11.5. The first-order chi connectivity index (χ1) is 11.7. The van der Waals surface area contributed by atoms with Crippen LogP contribution in [0.3, 0.4) is 0 Å². The Morgan fingerprint density at radius 3 is 2.04 bits per heavy atom. The van der Waals surface area contributed by atoms with Crippen LogP contribution in [-0.4, -0.2) is 16.9 Å². The van der Waals surface area contributed by atoms with Gasteiger partial charge in [0.1, 0.15) is 0 Å². The molecule has 0 radical (unpaired) electrons. The van der Waals surface area contributed by atoms with Crippen LogP contribution >= 0.6 is 79.4 Å². The predicted octanol–water partition coefficient (Wildman–Crippen LogP) is 5.60. The fourth-order valence-electron chi connectivity index (χ4n) is 2.72. The molecule has 0 unspecified atom stereocenters. The predicted molar refractivity (Wildman–Crippen MR) is 122 cm³/mol. The molecule has 0 aliphatic heterocycles. The van der Waals surface area contributed by atoms with Crippen molar-refractivity contribution in [3.05, 3.63) is 21.8 Å². The fourth-order valence-corrected chi connectivity index (χ4v) is 7.68. The Labute approximate surface area is 192 Å². The maximum absolute atomic E-state index is 12.9. The Balaban J connectivity index is 2.12. The normalized spacial score (nSPS) is 18.4. The van der Waals surface area contributed by atoms with Gasteiger partial charge < -0.3 is 5.32 Å². The van der Waals surface area contributed by atoms with E-state index >= 15 is 0 Å². The van der Waals surface area contributed by atoms with Crippen LogP contribution in [0.15, 0.2) is 0 Å². The van der Waals surface area contributed by atoms with E-state index in [4.69, 9.17) is 11.6 Å². The molecule has 2 aliphatic carbocycles. The molecular formula is C17H15ClI3NO3. The van der Waals surface area contributed by atoms with Crippen molar-refractivity contribution in [2.45, 2.75) is 39.0 Å². The molecule has 1 aromatic rings. The number of nitrogens with one attached hydrogen (secondary N) is 1. The topological polar surface area (TPSA) is 63.2 Å². The van der Waals surface area contributed by atoms with Gasteiger partial charge in [-0.3, -0.25) is 14.4 Å². The van der Waals surface area contributed by atoms with Crippen molar-refractivity contribution < 1.29 is 14.4 Å². The lowest BCUT2D eigenvalue weighted by molar-refractivity contribution is -0.120. The maximum atomic E-state index is 12.9. The number of benzene rings is 1. The second kappa shape index (κ2) is 7.50. The lowest BCUT2D eigenvalue weighted by atomic mass is 9.79. The molecule has 2 aliphatic rings. The van der Waals surface area contributed by atoms with Crippen LogP contribution in [0.5, 0.6) is 0 Å². The Morgan fingerprint density at radius 1 is 1.04 bits per heavy atom. The summed E-state index contributed by atoms with van der Waals surface area (Å²) in [6.07, 6.45) is 4.51. The number of ketones is 1. The molecule has 1 aromatic carbocycles. The van der Waals surface area contributed by atoms with Crippen molar-refractivity contribution >= 4 is 102 Å². The average molecular weight is 697 g/mol. The van der Waals surface area contributed by atoms with Gasteiger partial charge in [0, 0.05) is 24.0 Å². The van der Waals surface area contributed by atoms with Crippen LogP contribution in [0, 0.1) is 22.0 Å². The third-order valence-electron chi connectivity index (χ3n) is 5.02. The van der Waals surface area contributed by atoms with Gasteiger partial charge in [-0.25, -0.2) is 0 Å². The summed E-state index contributed by atoms with van der Waals surface area (Å²) in [5, 5.41) is 2.34. The highest BCUT2D eigenvalue weighted by atomic mass is 127. The summed E-state index contributed by atoms with van der Waals surface area (Å²) in [6, 6.07) is 0. The molecule has 4 nitrogen and oxygen atoms in total. The Hall–Kier alpha value is 0.510. The highest BCUT2D eigenvalue weighted by Crippen LogP contribution is 2.47. The molecule has 0 spiro atoms. The third kappa shape index (κ3) is 3.75. The smallest absolute Gasteiger partial charge is 0.254 e. The number of halogens is 4. The Morgan fingerprint density at radius 2 is 1.60 bits per heavy atom. The summed E-state index contributed by atoms with van der Waals surface area (Å²) in [7, 11) is 0. The standard InChI is InChI=1S/C17H15ClI3NO3/c1-17(5-6-17)16(25)22-13-11(20)8(14(23)7-3-2-4-7)10(19)9(12(13)21)15(18)24/h7H,2-6H2,1H3,(H,22,25). The van der Waals surface area contributed by atoms with Crippen LogP contribution in [0.1, 0.15) is 59.7 Å². The van der Waals surface area contributed by atoms with E-state index in [1.54, 1.807) is 0 Å². The Kier molecular flexibility index (Phi) is 6.07. The van der Waals surface area contributed by atoms with Crippen molar-refractivity contribution in [1.29, 1.82) is 0 Å². The molecule has 2 saturated carbocycles. The van der Waals surface area contributed by atoms with Gasteiger partial charge in [0.2, 0.25) is 5.91 Å². The number of rotatable bonds is 5. The quantitative estimate of drug-likeness (QED) is 0.248. The van der Waals surface area contributed by atoms with E-state index in [2.05, 4.69) is 27.9 Å². The molecule has 0 heterocycles. The minimum atomic E-state index is -0.610. The molecule has 2 fully saturated rings. The van der Waals surface area contributed by atoms with E-state index in [0.29, 0.717) is 27.5 Å². The highest BCUT2D eigenvalue weighted by molar-refractivity contribution is 14.1. The van der Waals surface area contributed by atoms with Crippen LogP contribution in [0.25, 0.3) is 0 Å². The zero-order valence-electron chi connectivity index (χ0n) is 13.3. The van der Waals surface area contributed by atoms with Gasteiger partial charge in [0.25, 0.3) is 5.24 Å². The minimum absolute atomic E-state index is 0.00451. The molecule has 0 saturated heterocycles. The number of carbonyl (C=O) groups excluding carboxylic acids is 3. The molecule has 3 rings (SSSR count). The van der Waals surface area contributed by atoms with E-state index in [0.717, 1.165) is 32.1 Å². The minimum Gasteiger partial charge on any atom is -0.324 e. The zero-order valence-corrected chi connectivity index (χ0v) is 20.6. The molecule has 1 amide bonds. The second-order valence-electron chi connectivity index (χ2n) is 6.85. The Bertz CT molecular complexity index is 801. The van der Waals surface area contributed by atoms with Gasteiger partial charge in [-0.2, -0.15) is 0 Å². The van der Waals surface area contributed by atoms with E-state index < -0.39 is 5.24 Å². The fraction of sp³-hybridized carbons (Fsp3) is 0.471. The molecule has 0 atom stereocenters. The van der Waals surface area contributed by atoms with Gasteiger partial charge in [-0.15, -0.1) is 0 Å². The van der Waals surface area contributed by atoms with Crippen molar-refractivity contribution in [3.63, 3.8) is 0 Å². The van der Waals surface area contributed by atoms with Gasteiger partial charge in [-0.1, -0.05) is 13.3 Å². The first kappa shape index (κ1) is 20.2. The van der Waals surface area contributed by atoms with E-state index in [1.165, 1.54) is 0 Å². The number of hydrogen-bond acceptors (Lipinski definition) is 3. The van der Waals surface area contributed by atoms with Crippen LogP contribution in [0.4, 0.5) is 5.69 Å². The SMILES string of the molecule is CC1(C(=O)Nc2c(I)c(C(=O)Cl)c(I)c(C(=O)C3CCC3)c2I)CC1. The summed E-state index contributed by atoms with van der Waals surface area (Å²) in [6.45, 7) is 1.92. The summed E-state index contributed by atoms with van der Waals surface area (Å²) in [5.41, 5.74) is 1.01. The molecule has 134 valence electrons. The van der Waals surface area contributed by atoms with E-state index in [9.17, 15) is 14.4 Å². The number of hydrogen-bond donors (Lipinski definition) is 1. The van der Waals surface area contributed by atoms with E-state index in [1.807, 2.05) is 52.1 Å². The number of amides is 1.